The van der Waals surface area contributed by atoms with Gasteiger partial charge in [-0.05, 0) is 43.1 Å². The summed E-state index contributed by atoms with van der Waals surface area (Å²) in [6.07, 6.45) is 0. The number of rotatable bonds is 5. The minimum atomic E-state index is -0.847. The Kier molecular flexibility index (Phi) is 4.49. The smallest absolute Gasteiger partial charge is 0.241 e. The standard InChI is InChI=1S/C16H15F2N3OS/c1-10(11-3-4-13(17)14(18)7-11)21(2)8-15-19-16(20-22-15)12-5-6-23-9-12/h3-7,9-10H,8H2,1-2H3. The molecule has 120 valence electrons. The molecule has 0 radical (unpaired) electrons. The monoisotopic (exact) mass is 335 g/mol. The van der Waals surface area contributed by atoms with Crippen molar-refractivity contribution in [3.8, 4) is 11.4 Å². The van der Waals surface area contributed by atoms with E-state index in [0.717, 1.165) is 11.6 Å². The van der Waals surface area contributed by atoms with Gasteiger partial charge in [0.05, 0.1) is 6.54 Å². The van der Waals surface area contributed by atoms with Crippen LogP contribution in [0.2, 0.25) is 0 Å². The third-order valence-corrected chi connectivity index (χ3v) is 4.40. The van der Waals surface area contributed by atoms with Crippen molar-refractivity contribution in [3.63, 3.8) is 0 Å². The second-order valence-corrected chi connectivity index (χ2v) is 6.07. The molecule has 23 heavy (non-hydrogen) atoms. The molecule has 3 rings (SSSR count). The molecule has 1 atom stereocenters. The molecule has 0 saturated carbocycles. The average Bonchev–Trinajstić information content (AvgIpc) is 3.20. The number of nitrogens with zero attached hydrogens (tertiary/aromatic N) is 3. The first-order chi connectivity index (χ1) is 11.0. The summed E-state index contributed by atoms with van der Waals surface area (Å²) in [6.45, 7) is 2.32. The Balaban J connectivity index is 1.71. The van der Waals surface area contributed by atoms with Gasteiger partial charge in [0.2, 0.25) is 11.7 Å². The van der Waals surface area contributed by atoms with Crippen LogP contribution in [0.25, 0.3) is 11.4 Å². The quantitative estimate of drug-likeness (QED) is 0.698. The molecule has 1 unspecified atom stereocenters. The third-order valence-electron chi connectivity index (χ3n) is 3.72. The Labute approximate surface area is 136 Å². The number of halogens is 2. The van der Waals surface area contributed by atoms with Crippen LogP contribution in [0, 0.1) is 11.6 Å². The van der Waals surface area contributed by atoms with Crippen LogP contribution in [-0.2, 0) is 6.54 Å². The Morgan fingerprint density at radius 1 is 1.26 bits per heavy atom. The van der Waals surface area contributed by atoms with Gasteiger partial charge in [0.1, 0.15) is 0 Å². The van der Waals surface area contributed by atoms with Crippen LogP contribution in [0.4, 0.5) is 8.78 Å². The van der Waals surface area contributed by atoms with Gasteiger partial charge in [-0.1, -0.05) is 11.2 Å². The lowest BCUT2D eigenvalue weighted by atomic mass is 10.1. The predicted octanol–water partition coefficient (Wildman–Crippen LogP) is 4.27. The molecule has 0 bridgehead atoms. The molecule has 0 aliphatic rings. The molecule has 0 aliphatic carbocycles. The number of thiophene rings is 1. The number of benzene rings is 1. The Morgan fingerprint density at radius 2 is 2.09 bits per heavy atom. The van der Waals surface area contributed by atoms with E-state index in [2.05, 4.69) is 10.1 Å². The number of hydrogen-bond donors (Lipinski definition) is 0. The molecule has 7 heteroatoms. The summed E-state index contributed by atoms with van der Waals surface area (Å²) < 4.78 is 31.6. The van der Waals surface area contributed by atoms with E-state index in [1.165, 1.54) is 6.07 Å². The van der Waals surface area contributed by atoms with Gasteiger partial charge in [-0.3, -0.25) is 4.90 Å². The van der Waals surface area contributed by atoms with Crippen molar-refractivity contribution < 1.29 is 13.3 Å². The van der Waals surface area contributed by atoms with E-state index < -0.39 is 11.6 Å². The Bertz CT molecular complexity index is 788. The van der Waals surface area contributed by atoms with Crippen molar-refractivity contribution in [2.45, 2.75) is 19.5 Å². The minimum Gasteiger partial charge on any atom is -0.338 e. The van der Waals surface area contributed by atoms with Crippen LogP contribution in [0.3, 0.4) is 0 Å². The fourth-order valence-electron chi connectivity index (χ4n) is 2.21. The maximum atomic E-state index is 13.4. The molecule has 4 nitrogen and oxygen atoms in total. The molecular weight excluding hydrogens is 320 g/mol. The lowest BCUT2D eigenvalue weighted by Crippen LogP contribution is -2.22. The minimum absolute atomic E-state index is 0.124. The zero-order valence-electron chi connectivity index (χ0n) is 12.7. The SMILES string of the molecule is CC(c1ccc(F)c(F)c1)N(C)Cc1nc(-c2ccsc2)no1. The Morgan fingerprint density at radius 3 is 2.78 bits per heavy atom. The second kappa shape index (κ2) is 6.55. The molecule has 0 amide bonds. The molecule has 0 aliphatic heterocycles. The highest BCUT2D eigenvalue weighted by Crippen LogP contribution is 2.23. The predicted molar refractivity (Wildman–Crippen MR) is 83.9 cm³/mol. The second-order valence-electron chi connectivity index (χ2n) is 5.29. The van der Waals surface area contributed by atoms with E-state index in [1.54, 1.807) is 17.4 Å². The van der Waals surface area contributed by atoms with Gasteiger partial charge >= 0.3 is 0 Å². The van der Waals surface area contributed by atoms with Crippen molar-refractivity contribution in [2.75, 3.05) is 7.05 Å². The molecule has 3 aromatic rings. The van der Waals surface area contributed by atoms with Gasteiger partial charge in [-0.25, -0.2) is 8.78 Å². The fraction of sp³-hybridized carbons (Fsp3) is 0.250. The topological polar surface area (TPSA) is 42.2 Å². The maximum Gasteiger partial charge on any atom is 0.241 e. The van der Waals surface area contributed by atoms with Gasteiger partial charge in [0.25, 0.3) is 0 Å². The summed E-state index contributed by atoms with van der Waals surface area (Å²) in [5.41, 5.74) is 1.60. The summed E-state index contributed by atoms with van der Waals surface area (Å²) >= 11 is 1.56. The number of hydrogen-bond acceptors (Lipinski definition) is 5. The van der Waals surface area contributed by atoms with Crippen LogP contribution in [0.15, 0.2) is 39.5 Å². The van der Waals surface area contributed by atoms with Crippen molar-refractivity contribution in [3.05, 3.63) is 58.1 Å². The summed E-state index contributed by atoms with van der Waals surface area (Å²) in [5, 5.41) is 7.85. The van der Waals surface area contributed by atoms with Crippen molar-refractivity contribution in [2.24, 2.45) is 0 Å². The lowest BCUT2D eigenvalue weighted by Gasteiger charge is -2.23. The van der Waals surface area contributed by atoms with Gasteiger partial charge in [0, 0.05) is 17.0 Å². The van der Waals surface area contributed by atoms with Crippen LogP contribution in [0.5, 0.6) is 0 Å². The van der Waals surface area contributed by atoms with E-state index >= 15 is 0 Å². The largest absolute Gasteiger partial charge is 0.338 e. The molecule has 2 heterocycles. The highest BCUT2D eigenvalue weighted by molar-refractivity contribution is 7.08. The van der Waals surface area contributed by atoms with Gasteiger partial charge < -0.3 is 4.52 Å². The average molecular weight is 335 g/mol. The zero-order chi connectivity index (χ0) is 16.4. The van der Waals surface area contributed by atoms with E-state index in [-0.39, 0.29) is 6.04 Å². The van der Waals surface area contributed by atoms with Gasteiger partial charge in [-0.2, -0.15) is 16.3 Å². The molecule has 0 saturated heterocycles. The molecular formula is C16H15F2N3OS. The van der Waals surface area contributed by atoms with Gasteiger partial charge in [-0.15, -0.1) is 0 Å². The molecule has 0 N–H and O–H groups in total. The van der Waals surface area contributed by atoms with E-state index in [4.69, 9.17) is 4.52 Å². The zero-order valence-corrected chi connectivity index (χ0v) is 13.5. The highest BCUT2D eigenvalue weighted by atomic mass is 32.1. The summed E-state index contributed by atoms with van der Waals surface area (Å²) in [5.74, 6) is -0.667. The fourth-order valence-corrected chi connectivity index (χ4v) is 2.84. The van der Waals surface area contributed by atoms with Crippen LogP contribution in [-0.4, -0.2) is 22.1 Å². The van der Waals surface area contributed by atoms with E-state index in [9.17, 15) is 8.78 Å². The third kappa shape index (κ3) is 3.46. The summed E-state index contributed by atoms with van der Waals surface area (Å²) in [4.78, 5) is 6.28. The molecule has 0 spiro atoms. The first-order valence-electron chi connectivity index (χ1n) is 7.05. The van der Waals surface area contributed by atoms with Crippen molar-refractivity contribution >= 4 is 11.3 Å². The van der Waals surface area contributed by atoms with Crippen LogP contribution >= 0.6 is 11.3 Å². The highest BCUT2D eigenvalue weighted by Gasteiger charge is 2.17. The van der Waals surface area contributed by atoms with Crippen LogP contribution < -0.4 is 0 Å². The first-order valence-corrected chi connectivity index (χ1v) is 7.99. The van der Waals surface area contributed by atoms with Crippen LogP contribution in [0.1, 0.15) is 24.4 Å². The molecule has 0 fully saturated rings. The normalized spacial score (nSPS) is 12.7. The summed E-state index contributed by atoms with van der Waals surface area (Å²) in [7, 11) is 1.86. The van der Waals surface area contributed by atoms with Gasteiger partial charge in [0.15, 0.2) is 11.6 Å². The summed E-state index contributed by atoms with van der Waals surface area (Å²) in [6, 6.07) is 5.72. The molecule has 1 aromatic carbocycles. The first kappa shape index (κ1) is 15.8. The maximum absolute atomic E-state index is 13.4. The van der Waals surface area contributed by atoms with Crippen molar-refractivity contribution in [1.82, 2.24) is 15.0 Å². The van der Waals surface area contributed by atoms with E-state index in [0.29, 0.717) is 23.8 Å². The van der Waals surface area contributed by atoms with E-state index in [1.807, 2.05) is 35.7 Å². The number of aromatic nitrogens is 2. The molecule has 2 aromatic heterocycles. The Hall–Kier alpha value is -2.12. The lowest BCUT2D eigenvalue weighted by molar-refractivity contribution is 0.216. The van der Waals surface area contributed by atoms with Crippen molar-refractivity contribution in [1.29, 1.82) is 0 Å².